The zero-order valence-electron chi connectivity index (χ0n) is 22.0. The van der Waals surface area contributed by atoms with Gasteiger partial charge in [0.15, 0.2) is 0 Å². The first-order chi connectivity index (χ1) is 19.4. The summed E-state index contributed by atoms with van der Waals surface area (Å²) in [4.78, 5) is 41.1. The molecule has 0 saturated carbocycles. The Hall–Kier alpha value is -4.18. The molecule has 10 heteroatoms. The molecule has 40 heavy (non-hydrogen) atoms. The number of anilines is 2. The number of carbonyl (C=O) groups is 3. The van der Waals surface area contributed by atoms with Crippen LogP contribution in [0.1, 0.15) is 47.2 Å². The first-order valence-corrected chi connectivity index (χ1v) is 14.2. The first kappa shape index (κ1) is 28.8. The van der Waals surface area contributed by atoms with Gasteiger partial charge in [-0.15, -0.1) is 0 Å². The van der Waals surface area contributed by atoms with E-state index in [2.05, 4.69) is 15.4 Å². The molecule has 0 unspecified atom stereocenters. The van der Waals surface area contributed by atoms with Gasteiger partial charge in [0.2, 0.25) is 0 Å². The summed E-state index contributed by atoms with van der Waals surface area (Å²) in [5, 5.41) is 12.8. The molecule has 1 heterocycles. The van der Waals surface area contributed by atoms with Crippen molar-refractivity contribution in [2.24, 2.45) is 5.10 Å². The molecule has 0 aromatic heterocycles. The summed E-state index contributed by atoms with van der Waals surface area (Å²) in [5.41, 5.74) is 5.58. The number of halogens is 1. The van der Waals surface area contributed by atoms with Crippen molar-refractivity contribution < 1.29 is 23.9 Å². The highest BCUT2D eigenvalue weighted by atomic mass is 32.2. The van der Waals surface area contributed by atoms with Crippen LogP contribution in [0.4, 0.5) is 20.6 Å². The smallest absolute Gasteiger partial charge is 0.349 e. The molecule has 0 bridgehead atoms. The van der Waals surface area contributed by atoms with Gasteiger partial charge in [-0.2, -0.15) is 16.9 Å². The topological polar surface area (TPSA) is 102 Å². The quantitative estimate of drug-likeness (QED) is 0.181. The summed E-state index contributed by atoms with van der Waals surface area (Å²) in [6.45, 7) is 1.94. The SMILES string of the molecule is O=C(O)CCSCc1cccc(C(=O)N(C(=O)NN=Cc2ccc(F)cc2)c2ccc(N3CCCCC3)cc2)c1. The summed E-state index contributed by atoms with van der Waals surface area (Å²) in [6, 6.07) is 19.1. The number of hydrogen-bond acceptors (Lipinski definition) is 6. The van der Waals surface area contributed by atoms with E-state index in [1.165, 1.54) is 48.7 Å². The number of hydrogen-bond donors (Lipinski definition) is 2. The van der Waals surface area contributed by atoms with Crippen LogP contribution in [0.3, 0.4) is 0 Å². The first-order valence-electron chi connectivity index (χ1n) is 13.1. The molecular formula is C30H31FN4O4S. The molecule has 1 aliphatic rings. The Morgan fingerprint density at radius 1 is 1.00 bits per heavy atom. The fourth-order valence-corrected chi connectivity index (χ4v) is 5.20. The summed E-state index contributed by atoms with van der Waals surface area (Å²) < 4.78 is 13.2. The Morgan fingerprint density at radius 2 is 1.73 bits per heavy atom. The lowest BCUT2D eigenvalue weighted by molar-refractivity contribution is -0.136. The zero-order chi connectivity index (χ0) is 28.3. The molecule has 2 N–H and O–H groups in total. The second-order valence-electron chi connectivity index (χ2n) is 9.33. The predicted octanol–water partition coefficient (Wildman–Crippen LogP) is 5.91. The highest BCUT2D eigenvalue weighted by Gasteiger charge is 2.25. The summed E-state index contributed by atoms with van der Waals surface area (Å²) >= 11 is 1.46. The van der Waals surface area contributed by atoms with E-state index in [9.17, 15) is 18.8 Å². The summed E-state index contributed by atoms with van der Waals surface area (Å²) in [7, 11) is 0. The molecule has 3 aromatic rings. The largest absolute Gasteiger partial charge is 0.481 e. The zero-order valence-corrected chi connectivity index (χ0v) is 22.8. The van der Waals surface area contributed by atoms with Crippen molar-refractivity contribution in [3.63, 3.8) is 0 Å². The average molecular weight is 563 g/mol. The number of thioether (sulfide) groups is 1. The number of benzene rings is 3. The maximum absolute atomic E-state index is 13.7. The van der Waals surface area contributed by atoms with Crippen LogP contribution in [0, 0.1) is 5.82 Å². The maximum Gasteiger partial charge on any atom is 0.349 e. The fraction of sp³-hybridized carbons (Fsp3) is 0.267. The van der Waals surface area contributed by atoms with Crippen LogP contribution in [0.15, 0.2) is 77.9 Å². The minimum atomic E-state index is -0.855. The van der Waals surface area contributed by atoms with E-state index < -0.39 is 17.9 Å². The van der Waals surface area contributed by atoms with E-state index in [1.54, 1.807) is 30.3 Å². The molecule has 1 saturated heterocycles. The van der Waals surface area contributed by atoms with Gasteiger partial charge in [-0.3, -0.25) is 9.59 Å². The van der Waals surface area contributed by atoms with Crippen LogP contribution in [-0.4, -0.2) is 48.1 Å². The van der Waals surface area contributed by atoms with Crippen molar-refractivity contribution in [3.8, 4) is 0 Å². The maximum atomic E-state index is 13.7. The minimum absolute atomic E-state index is 0.0586. The summed E-state index contributed by atoms with van der Waals surface area (Å²) in [6.07, 6.45) is 4.90. The molecule has 1 aliphatic heterocycles. The third kappa shape index (κ3) is 8.16. The van der Waals surface area contributed by atoms with Crippen molar-refractivity contribution in [2.75, 3.05) is 28.6 Å². The fourth-order valence-electron chi connectivity index (χ4n) is 4.32. The molecular weight excluding hydrogens is 531 g/mol. The van der Waals surface area contributed by atoms with Gasteiger partial charge in [0, 0.05) is 35.8 Å². The number of amides is 3. The molecule has 3 aromatic carbocycles. The predicted molar refractivity (Wildman–Crippen MR) is 157 cm³/mol. The highest BCUT2D eigenvalue weighted by Crippen LogP contribution is 2.25. The van der Waals surface area contributed by atoms with Crippen molar-refractivity contribution in [2.45, 2.75) is 31.4 Å². The Kier molecular flexibility index (Phi) is 10.3. The van der Waals surface area contributed by atoms with Crippen molar-refractivity contribution in [1.29, 1.82) is 0 Å². The van der Waals surface area contributed by atoms with E-state index in [0.717, 1.165) is 42.1 Å². The molecule has 4 rings (SSSR count). The van der Waals surface area contributed by atoms with Crippen LogP contribution in [0.5, 0.6) is 0 Å². The Bertz CT molecular complexity index is 1340. The van der Waals surface area contributed by atoms with E-state index in [1.807, 2.05) is 18.2 Å². The van der Waals surface area contributed by atoms with Crippen LogP contribution in [0.25, 0.3) is 0 Å². The molecule has 1 fully saturated rings. The number of nitrogens with zero attached hydrogens (tertiary/aromatic N) is 3. The number of carboxylic acids is 1. The third-order valence-electron chi connectivity index (χ3n) is 6.38. The Labute approximate surface area is 236 Å². The van der Waals surface area contributed by atoms with Crippen molar-refractivity contribution in [3.05, 3.63) is 95.3 Å². The molecule has 0 radical (unpaired) electrons. The number of imide groups is 1. The van der Waals surface area contributed by atoms with E-state index >= 15 is 0 Å². The normalized spacial score (nSPS) is 13.3. The number of urea groups is 1. The summed E-state index contributed by atoms with van der Waals surface area (Å²) in [5.74, 6) is -0.776. The van der Waals surface area contributed by atoms with Gasteiger partial charge in [-0.05, 0) is 78.9 Å². The number of nitrogens with one attached hydrogen (secondary N) is 1. The Morgan fingerprint density at radius 3 is 2.42 bits per heavy atom. The third-order valence-corrected chi connectivity index (χ3v) is 7.41. The number of piperidine rings is 1. The molecule has 0 atom stereocenters. The number of hydrazone groups is 1. The van der Waals surface area contributed by atoms with Crippen LogP contribution >= 0.6 is 11.8 Å². The molecule has 3 amide bonds. The van der Waals surface area contributed by atoms with Gasteiger partial charge in [0.05, 0.1) is 18.3 Å². The van der Waals surface area contributed by atoms with Gasteiger partial charge in [0.25, 0.3) is 5.91 Å². The monoisotopic (exact) mass is 562 g/mol. The van der Waals surface area contributed by atoms with E-state index in [-0.39, 0.29) is 12.2 Å². The second-order valence-corrected chi connectivity index (χ2v) is 10.4. The molecule has 208 valence electrons. The average Bonchev–Trinajstić information content (AvgIpc) is 2.97. The molecule has 0 aliphatic carbocycles. The van der Waals surface area contributed by atoms with Crippen molar-refractivity contribution in [1.82, 2.24) is 5.43 Å². The van der Waals surface area contributed by atoms with Gasteiger partial charge >= 0.3 is 12.0 Å². The number of carbonyl (C=O) groups excluding carboxylic acids is 2. The number of carboxylic acid groups (broad SMARTS) is 1. The molecule has 8 nitrogen and oxygen atoms in total. The van der Waals surface area contributed by atoms with Gasteiger partial charge in [0.1, 0.15) is 5.82 Å². The highest BCUT2D eigenvalue weighted by molar-refractivity contribution is 7.98. The van der Waals surface area contributed by atoms with Crippen molar-refractivity contribution >= 4 is 47.3 Å². The van der Waals surface area contributed by atoms with Crippen LogP contribution < -0.4 is 15.2 Å². The lowest BCUT2D eigenvalue weighted by atomic mass is 10.1. The molecule has 0 spiro atoms. The van der Waals surface area contributed by atoms with Gasteiger partial charge in [-0.25, -0.2) is 19.5 Å². The Balaban J connectivity index is 1.54. The lowest BCUT2D eigenvalue weighted by Crippen LogP contribution is -2.42. The minimum Gasteiger partial charge on any atom is -0.481 e. The standard InChI is InChI=1S/C30H31FN4O4S/c31-25-9-7-22(8-10-25)20-32-33-30(39)35(27-13-11-26(12-14-27)34-16-2-1-3-17-34)29(38)24-6-4-5-23(19-24)21-40-18-15-28(36)37/h4-14,19-20H,1-3,15-18,21H2,(H,33,39)(H,36,37). The van der Waals surface area contributed by atoms with E-state index in [0.29, 0.717) is 28.3 Å². The van der Waals surface area contributed by atoms with E-state index in [4.69, 9.17) is 5.11 Å². The van der Waals surface area contributed by atoms with Crippen LogP contribution in [0.2, 0.25) is 0 Å². The van der Waals surface area contributed by atoms with Crippen LogP contribution in [-0.2, 0) is 10.5 Å². The number of aliphatic carboxylic acids is 1. The number of rotatable bonds is 10. The van der Waals surface area contributed by atoms with Gasteiger partial charge in [-0.1, -0.05) is 24.3 Å². The second kappa shape index (κ2) is 14.3. The lowest BCUT2D eigenvalue weighted by Gasteiger charge is -2.29. The van der Waals surface area contributed by atoms with Gasteiger partial charge < -0.3 is 10.0 Å².